The number of aromatic hydroxyl groups is 1. The number of nitriles is 1. The van der Waals surface area contributed by atoms with Gasteiger partial charge in [0.15, 0.2) is 0 Å². The van der Waals surface area contributed by atoms with Crippen LogP contribution in [0.4, 0.5) is 28.6 Å². The Labute approximate surface area is 229 Å². The van der Waals surface area contributed by atoms with Gasteiger partial charge in [-0.15, -0.1) is 0 Å². The highest BCUT2D eigenvalue weighted by Crippen LogP contribution is 2.32. The molecule has 3 aromatic rings. The van der Waals surface area contributed by atoms with Gasteiger partial charge in [-0.2, -0.15) is 5.26 Å². The van der Waals surface area contributed by atoms with Gasteiger partial charge >= 0.3 is 0 Å². The highest BCUT2D eigenvalue weighted by molar-refractivity contribution is 6.02. The summed E-state index contributed by atoms with van der Waals surface area (Å²) in [5.74, 6) is 0.508. The first-order chi connectivity index (χ1) is 18.8. The number of hydrogen-bond acceptors (Lipinski definition) is 8. The van der Waals surface area contributed by atoms with Crippen molar-refractivity contribution in [2.24, 2.45) is 0 Å². The van der Waals surface area contributed by atoms with Gasteiger partial charge in [0.25, 0.3) is 0 Å². The second-order valence-electron chi connectivity index (χ2n) is 9.63. The fraction of sp³-hybridized carbons (Fsp3) is 0.300. The Morgan fingerprint density at radius 1 is 1.10 bits per heavy atom. The Hall–Kier alpha value is -4.55. The molecule has 9 heteroatoms. The van der Waals surface area contributed by atoms with Gasteiger partial charge in [-0.1, -0.05) is 25.6 Å². The van der Waals surface area contributed by atoms with Crippen LogP contribution in [0, 0.1) is 25.2 Å². The number of phenols is 1. The van der Waals surface area contributed by atoms with E-state index in [1.807, 2.05) is 44.2 Å². The average Bonchev–Trinajstić information content (AvgIpc) is 2.95. The van der Waals surface area contributed by atoms with Crippen molar-refractivity contribution in [3.8, 4) is 11.8 Å². The summed E-state index contributed by atoms with van der Waals surface area (Å²) in [6.07, 6.45) is 2.76. The van der Waals surface area contributed by atoms with E-state index >= 15 is 0 Å². The minimum Gasteiger partial charge on any atom is -0.507 e. The maximum atomic E-state index is 12.2. The van der Waals surface area contributed by atoms with Crippen molar-refractivity contribution in [1.29, 1.82) is 5.26 Å². The number of carbonyl (C=O) groups is 1. The predicted octanol–water partition coefficient (Wildman–Crippen LogP) is 4.90. The largest absolute Gasteiger partial charge is 0.507 e. The Morgan fingerprint density at radius 2 is 1.82 bits per heavy atom. The minimum atomic E-state index is -0.305. The second kappa shape index (κ2) is 12.3. The SMILES string of the molecule is C=CC(=O)Nc1cc(N2CCN(CC)CC2)ccc1Nc1cc(NCc2cc(C)c(O)c(C)c2)c(C#N)cn1. The number of pyridine rings is 1. The predicted molar refractivity (Wildman–Crippen MR) is 157 cm³/mol. The zero-order chi connectivity index (χ0) is 27.9. The summed E-state index contributed by atoms with van der Waals surface area (Å²) in [5, 5.41) is 29.2. The Morgan fingerprint density at radius 3 is 2.46 bits per heavy atom. The first-order valence-electron chi connectivity index (χ1n) is 13.1. The van der Waals surface area contributed by atoms with Crippen LogP contribution in [-0.4, -0.2) is 53.6 Å². The van der Waals surface area contributed by atoms with Crippen molar-refractivity contribution in [3.05, 3.63) is 77.5 Å². The lowest BCUT2D eigenvalue weighted by molar-refractivity contribution is -0.111. The smallest absolute Gasteiger partial charge is 0.247 e. The lowest BCUT2D eigenvalue weighted by Gasteiger charge is -2.35. The molecule has 1 fully saturated rings. The van der Waals surface area contributed by atoms with Crippen LogP contribution < -0.4 is 20.9 Å². The molecule has 39 heavy (non-hydrogen) atoms. The first kappa shape index (κ1) is 27.5. The molecule has 0 radical (unpaired) electrons. The van der Waals surface area contributed by atoms with Gasteiger partial charge < -0.3 is 30.9 Å². The zero-order valence-electron chi connectivity index (χ0n) is 22.7. The van der Waals surface area contributed by atoms with E-state index in [9.17, 15) is 15.2 Å². The summed E-state index contributed by atoms with van der Waals surface area (Å²) >= 11 is 0. The number of hydrogen-bond donors (Lipinski definition) is 4. The van der Waals surface area contributed by atoms with Crippen molar-refractivity contribution in [1.82, 2.24) is 9.88 Å². The molecule has 1 saturated heterocycles. The molecule has 202 valence electrons. The number of aromatic nitrogens is 1. The number of nitrogens with one attached hydrogen (secondary N) is 3. The number of nitrogens with zero attached hydrogens (tertiary/aromatic N) is 4. The first-order valence-corrected chi connectivity index (χ1v) is 13.1. The quantitative estimate of drug-likeness (QED) is 0.292. The average molecular weight is 526 g/mol. The standard InChI is InChI=1S/C30H35N7O2/c1-5-29(38)35-27-15-24(37-11-9-36(6-2)10-12-37)7-8-25(27)34-28-16-26(23(17-31)19-33-28)32-18-22-13-20(3)30(39)21(4)14-22/h5,7-8,13-16,19,39H,1,6,9-12,18H2,2-4H3,(H,35,38)(H2,32,33,34). The zero-order valence-corrected chi connectivity index (χ0v) is 22.7. The van der Waals surface area contributed by atoms with Gasteiger partial charge in [0.2, 0.25) is 5.91 Å². The molecule has 0 saturated carbocycles. The highest BCUT2D eigenvalue weighted by atomic mass is 16.3. The molecular formula is C30H35N7O2. The number of likely N-dealkylation sites (N-methyl/N-ethyl adjacent to an activating group) is 1. The van der Waals surface area contributed by atoms with Crippen LogP contribution in [-0.2, 0) is 11.3 Å². The van der Waals surface area contributed by atoms with E-state index in [1.165, 1.54) is 12.3 Å². The molecule has 1 aliphatic heterocycles. The molecule has 4 N–H and O–H groups in total. The van der Waals surface area contributed by atoms with Gasteiger partial charge in [-0.25, -0.2) is 4.98 Å². The Bertz CT molecular complexity index is 1380. The molecule has 2 heterocycles. The van der Waals surface area contributed by atoms with Crippen LogP contribution in [0.2, 0.25) is 0 Å². The van der Waals surface area contributed by atoms with E-state index in [0.717, 1.165) is 55.1 Å². The third-order valence-corrected chi connectivity index (χ3v) is 6.95. The Kier molecular flexibility index (Phi) is 8.69. The number of anilines is 5. The molecule has 4 rings (SSSR count). The van der Waals surface area contributed by atoms with Crippen molar-refractivity contribution < 1.29 is 9.90 Å². The topological polar surface area (TPSA) is 117 Å². The summed E-state index contributed by atoms with van der Waals surface area (Å²) in [6, 6.07) is 13.7. The van der Waals surface area contributed by atoms with Crippen molar-refractivity contribution in [2.45, 2.75) is 27.3 Å². The van der Waals surface area contributed by atoms with E-state index in [0.29, 0.717) is 40.7 Å². The molecule has 0 spiro atoms. The van der Waals surface area contributed by atoms with Gasteiger partial charge in [0.1, 0.15) is 17.6 Å². The van der Waals surface area contributed by atoms with Crippen LogP contribution in [0.3, 0.4) is 0 Å². The van der Waals surface area contributed by atoms with Crippen LogP contribution >= 0.6 is 0 Å². The highest BCUT2D eigenvalue weighted by Gasteiger charge is 2.18. The van der Waals surface area contributed by atoms with Crippen molar-refractivity contribution >= 4 is 34.5 Å². The van der Waals surface area contributed by atoms with Crippen molar-refractivity contribution in [3.63, 3.8) is 0 Å². The number of phenolic OH excluding ortho intramolecular Hbond substituents is 1. The molecular weight excluding hydrogens is 490 g/mol. The van der Waals surface area contributed by atoms with Gasteiger partial charge in [-0.05, 0) is 61.4 Å². The summed E-state index contributed by atoms with van der Waals surface area (Å²) in [4.78, 5) is 21.4. The minimum absolute atomic E-state index is 0.292. The third kappa shape index (κ3) is 6.67. The third-order valence-electron chi connectivity index (χ3n) is 6.95. The van der Waals surface area contributed by atoms with Crippen LogP contribution in [0.5, 0.6) is 5.75 Å². The molecule has 1 amide bonds. The Balaban J connectivity index is 1.56. The maximum absolute atomic E-state index is 12.2. The number of rotatable bonds is 9. The van der Waals surface area contributed by atoms with Crippen LogP contribution in [0.15, 0.2) is 55.3 Å². The summed E-state index contributed by atoms with van der Waals surface area (Å²) in [5.41, 5.74) is 5.95. The van der Waals surface area contributed by atoms with E-state index in [-0.39, 0.29) is 5.91 Å². The summed E-state index contributed by atoms with van der Waals surface area (Å²) in [6.45, 7) is 14.8. The normalized spacial score (nSPS) is 13.4. The van der Waals surface area contributed by atoms with E-state index in [1.54, 1.807) is 6.07 Å². The van der Waals surface area contributed by atoms with E-state index in [4.69, 9.17) is 0 Å². The van der Waals surface area contributed by atoms with E-state index < -0.39 is 0 Å². The van der Waals surface area contributed by atoms with Gasteiger partial charge in [0.05, 0.1) is 22.6 Å². The number of carbonyl (C=O) groups excluding carboxylic acids is 1. The maximum Gasteiger partial charge on any atom is 0.247 e. The van der Waals surface area contributed by atoms with Crippen molar-refractivity contribution in [2.75, 3.05) is 53.6 Å². The molecule has 0 atom stereocenters. The molecule has 2 aromatic carbocycles. The monoisotopic (exact) mass is 525 g/mol. The molecule has 0 bridgehead atoms. The molecule has 9 nitrogen and oxygen atoms in total. The van der Waals surface area contributed by atoms with Crippen LogP contribution in [0.1, 0.15) is 29.2 Å². The summed E-state index contributed by atoms with van der Waals surface area (Å²) < 4.78 is 0. The summed E-state index contributed by atoms with van der Waals surface area (Å²) in [7, 11) is 0. The van der Waals surface area contributed by atoms with Crippen LogP contribution in [0.25, 0.3) is 0 Å². The molecule has 0 aliphatic carbocycles. The number of benzene rings is 2. The molecule has 1 aliphatic rings. The lowest BCUT2D eigenvalue weighted by Crippen LogP contribution is -2.46. The number of aryl methyl sites for hydroxylation is 2. The molecule has 0 unspecified atom stereocenters. The molecule has 1 aromatic heterocycles. The lowest BCUT2D eigenvalue weighted by atomic mass is 10.1. The fourth-order valence-corrected chi connectivity index (χ4v) is 4.69. The van der Waals surface area contributed by atoms with Gasteiger partial charge in [-0.3, -0.25) is 4.79 Å². The number of piperazine rings is 1. The number of amides is 1. The fourth-order valence-electron chi connectivity index (χ4n) is 4.69. The van der Waals surface area contributed by atoms with Gasteiger partial charge in [0, 0.05) is 50.7 Å². The second-order valence-corrected chi connectivity index (χ2v) is 9.63. The van der Waals surface area contributed by atoms with E-state index in [2.05, 4.69) is 50.3 Å².